The van der Waals surface area contributed by atoms with E-state index in [4.69, 9.17) is 4.74 Å². The van der Waals surface area contributed by atoms with Crippen LogP contribution >= 0.6 is 0 Å². The van der Waals surface area contributed by atoms with Crippen LogP contribution in [-0.2, 0) is 0 Å². The molecule has 0 atom stereocenters. The lowest BCUT2D eigenvalue weighted by molar-refractivity contribution is -0.276. The summed E-state index contributed by atoms with van der Waals surface area (Å²) in [5.41, 5.74) is 0.301. The highest BCUT2D eigenvalue weighted by atomic mass is 19.4. The van der Waals surface area contributed by atoms with Crippen molar-refractivity contribution in [3.63, 3.8) is 0 Å². The predicted molar refractivity (Wildman–Crippen MR) is 67.9 cm³/mol. The van der Waals surface area contributed by atoms with E-state index in [9.17, 15) is 17.6 Å². The summed E-state index contributed by atoms with van der Waals surface area (Å²) in [4.78, 5) is 0. The molecule has 0 spiro atoms. The van der Waals surface area contributed by atoms with Crippen LogP contribution in [0.5, 0.6) is 11.5 Å². The summed E-state index contributed by atoms with van der Waals surface area (Å²) in [6.45, 7) is 0. The highest BCUT2D eigenvalue weighted by molar-refractivity contribution is 5.46. The van der Waals surface area contributed by atoms with E-state index in [0.717, 1.165) is 38.5 Å². The molecule has 6 heteroatoms. The zero-order chi connectivity index (χ0) is 15.0. The van der Waals surface area contributed by atoms with E-state index in [1.54, 1.807) is 0 Å². The summed E-state index contributed by atoms with van der Waals surface area (Å²) in [6.07, 6.45) is 0.0272. The Morgan fingerprint density at radius 3 is 2.24 bits per heavy atom. The maximum absolute atomic E-state index is 14.5. The molecule has 0 unspecified atom stereocenters. The van der Waals surface area contributed by atoms with Crippen LogP contribution < -0.4 is 9.47 Å². The molecule has 2 aliphatic rings. The van der Waals surface area contributed by atoms with Gasteiger partial charge in [-0.15, -0.1) is 13.2 Å². The van der Waals surface area contributed by atoms with E-state index in [-0.39, 0.29) is 17.8 Å². The highest BCUT2D eigenvalue weighted by Crippen LogP contribution is 2.44. The molecule has 21 heavy (non-hydrogen) atoms. The topological polar surface area (TPSA) is 18.5 Å². The number of benzene rings is 1. The lowest BCUT2D eigenvalue weighted by Crippen LogP contribution is -2.19. The van der Waals surface area contributed by atoms with Gasteiger partial charge in [0.25, 0.3) is 0 Å². The van der Waals surface area contributed by atoms with Crippen LogP contribution in [0, 0.1) is 5.82 Å². The molecule has 0 radical (unpaired) electrons. The van der Waals surface area contributed by atoms with Crippen LogP contribution in [0.4, 0.5) is 17.6 Å². The third kappa shape index (κ3) is 3.41. The Morgan fingerprint density at radius 2 is 1.67 bits per heavy atom. The minimum atomic E-state index is -4.93. The van der Waals surface area contributed by atoms with Gasteiger partial charge in [-0.05, 0) is 43.2 Å². The van der Waals surface area contributed by atoms with Crippen molar-refractivity contribution in [3.05, 3.63) is 23.5 Å². The van der Waals surface area contributed by atoms with Crippen molar-refractivity contribution in [1.82, 2.24) is 0 Å². The third-order valence-corrected chi connectivity index (χ3v) is 3.92. The number of rotatable bonds is 4. The quantitative estimate of drug-likeness (QED) is 0.735. The van der Waals surface area contributed by atoms with Gasteiger partial charge < -0.3 is 9.47 Å². The standard InChI is InChI=1S/C15H16F4O2/c16-13-11(9-3-1-2-4-9)7-8-12(20-10-5-6-10)14(13)21-15(17,18)19/h7-10H,1-6H2. The van der Waals surface area contributed by atoms with Crippen molar-refractivity contribution < 1.29 is 27.0 Å². The van der Waals surface area contributed by atoms with Crippen molar-refractivity contribution in [2.45, 2.75) is 56.9 Å². The van der Waals surface area contributed by atoms with E-state index in [0.29, 0.717) is 5.56 Å². The Morgan fingerprint density at radius 1 is 1.00 bits per heavy atom. The number of alkyl halides is 3. The van der Waals surface area contributed by atoms with Gasteiger partial charge in [-0.3, -0.25) is 0 Å². The van der Waals surface area contributed by atoms with E-state index < -0.39 is 17.9 Å². The van der Waals surface area contributed by atoms with Crippen LogP contribution in [0.2, 0.25) is 0 Å². The Hall–Kier alpha value is -1.46. The first-order chi connectivity index (χ1) is 9.94. The second kappa shape index (κ2) is 5.39. The smallest absolute Gasteiger partial charge is 0.486 e. The Balaban J connectivity index is 1.94. The van der Waals surface area contributed by atoms with Gasteiger partial charge in [0.15, 0.2) is 11.6 Å². The SMILES string of the molecule is Fc1c(C2CCCC2)ccc(OC2CC2)c1OC(F)(F)F. The highest BCUT2D eigenvalue weighted by Gasteiger charge is 2.37. The van der Waals surface area contributed by atoms with E-state index in [1.165, 1.54) is 12.1 Å². The van der Waals surface area contributed by atoms with Crippen molar-refractivity contribution in [3.8, 4) is 11.5 Å². The minimum Gasteiger partial charge on any atom is -0.486 e. The fraction of sp³-hybridized carbons (Fsp3) is 0.600. The van der Waals surface area contributed by atoms with Crippen LogP contribution in [0.25, 0.3) is 0 Å². The maximum Gasteiger partial charge on any atom is 0.573 e. The van der Waals surface area contributed by atoms with Crippen molar-refractivity contribution in [2.24, 2.45) is 0 Å². The molecule has 116 valence electrons. The van der Waals surface area contributed by atoms with Gasteiger partial charge in [0.2, 0.25) is 5.75 Å². The van der Waals surface area contributed by atoms with Crippen molar-refractivity contribution in [2.75, 3.05) is 0 Å². The van der Waals surface area contributed by atoms with Crippen LogP contribution in [0.3, 0.4) is 0 Å². The van der Waals surface area contributed by atoms with Gasteiger partial charge in [-0.2, -0.15) is 0 Å². The summed E-state index contributed by atoms with van der Waals surface area (Å²) in [5, 5.41) is 0. The molecule has 0 aromatic heterocycles. The molecule has 3 rings (SSSR count). The first-order valence-electron chi connectivity index (χ1n) is 7.19. The molecule has 2 nitrogen and oxygen atoms in total. The normalized spacial score (nSPS) is 19.8. The number of hydrogen-bond donors (Lipinski definition) is 0. The van der Waals surface area contributed by atoms with Crippen LogP contribution in [-0.4, -0.2) is 12.5 Å². The molecule has 0 saturated heterocycles. The fourth-order valence-corrected chi connectivity index (χ4v) is 2.77. The van der Waals surface area contributed by atoms with E-state index in [1.807, 2.05) is 0 Å². The molecule has 1 aromatic carbocycles. The molecule has 0 amide bonds. The molecule has 0 bridgehead atoms. The lowest BCUT2D eigenvalue weighted by atomic mass is 9.96. The molecular formula is C15H16F4O2. The second-order valence-electron chi connectivity index (χ2n) is 5.64. The third-order valence-electron chi connectivity index (χ3n) is 3.92. The van der Waals surface area contributed by atoms with Gasteiger partial charge >= 0.3 is 6.36 Å². The monoisotopic (exact) mass is 304 g/mol. The summed E-state index contributed by atoms with van der Waals surface area (Å²) in [7, 11) is 0. The zero-order valence-corrected chi connectivity index (χ0v) is 11.4. The van der Waals surface area contributed by atoms with Crippen molar-refractivity contribution in [1.29, 1.82) is 0 Å². The molecule has 2 fully saturated rings. The Bertz CT molecular complexity index is 517. The second-order valence-corrected chi connectivity index (χ2v) is 5.64. The van der Waals surface area contributed by atoms with Gasteiger partial charge in [-0.25, -0.2) is 4.39 Å². The lowest BCUT2D eigenvalue weighted by Gasteiger charge is -2.18. The average Bonchev–Trinajstić information content (AvgIpc) is 3.04. The number of hydrogen-bond acceptors (Lipinski definition) is 2. The van der Waals surface area contributed by atoms with E-state index >= 15 is 0 Å². The van der Waals surface area contributed by atoms with Gasteiger partial charge in [0.1, 0.15) is 0 Å². The van der Waals surface area contributed by atoms with Gasteiger partial charge in [0, 0.05) is 0 Å². The summed E-state index contributed by atoms with van der Waals surface area (Å²) < 4.78 is 61.3. The predicted octanol–water partition coefficient (Wildman–Crippen LogP) is 4.92. The van der Waals surface area contributed by atoms with Gasteiger partial charge in [0.05, 0.1) is 6.10 Å². The average molecular weight is 304 g/mol. The minimum absolute atomic E-state index is 0.0319. The fourth-order valence-electron chi connectivity index (χ4n) is 2.77. The first kappa shape index (κ1) is 14.5. The number of ether oxygens (including phenoxy) is 2. The molecular weight excluding hydrogens is 288 g/mol. The summed E-state index contributed by atoms with van der Waals surface area (Å²) in [5.74, 6) is -1.94. The van der Waals surface area contributed by atoms with E-state index in [2.05, 4.69) is 4.74 Å². The first-order valence-corrected chi connectivity index (χ1v) is 7.19. The molecule has 0 heterocycles. The largest absolute Gasteiger partial charge is 0.573 e. The summed E-state index contributed by atoms with van der Waals surface area (Å²) >= 11 is 0. The van der Waals surface area contributed by atoms with Crippen LogP contribution in [0.1, 0.15) is 50.0 Å². The van der Waals surface area contributed by atoms with Gasteiger partial charge in [-0.1, -0.05) is 18.9 Å². The molecule has 0 aliphatic heterocycles. The Kier molecular flexibility index (Phi) is 3.71. The summed E-state index contributed by atoms with van der Waals surface area (Å²) in [6, 6.07) is 2.93. The van der Waals surface area contributed by atoms with Crippen molar-refractivity contribution >= 4 is 0 Å². The Labute approximate surface area is 120 Å². The number of halogens is 4. The molecule has 2 saturated carbocycles. The van der Waals surface area contributed by atoms with Crippen LogP contribution in [0.15, 0.2) is 12.1 Å². The molecule has 2 aliphatic carbocycles. The maximum atomic E-state index is 14.5. The molecule has 0 N–H and O–H groups in total. The molecule has 1 aromatic rings. The zero-order valence-electron chi connectivity index (χ0n) is 11.4.